The molecule has 0 bridgehead atoms. The summed E-state index contributed by atoms with van der Waals surface area (Å²) in [6, 6.07) is 7.80. The smallest absolute Gasteiger partial charge is 0.166 e. The van der Waals surface area contributed by atoms with E-state index in [4.69, 9.17) is 10.5 Å². The Hall–Kier alpha value is -1.88. The predicted molar refractivity (Wildman–Crippen MR) is 56.5 cm³/mol. The second-order valence-electron chi connectivity index (χ2n) is 3.16. The number of aromatic nitrogens is 3. The summed E-state index contributed by atoms with van der Waals surface area (Å²) in [5.41, 5.74) is 7.44. The Labute approximate surface area is 87.5 Å². The van der Waals surface area contributed by atoms with Gasteiger partial charge in [-0.1, -0.05) is 12.1 Å². The highest BCUT2D eigenvalue weighted by Crippen LogP contribution is 2.10. The first-order valence-electron chi connectivity index (χ1n) is 4.55. The largest absolute Gasteiger partial charge is 0.381 e. The number of nitrogen functional groups attached to an aromatic ring is 1. The average molecular weight is 204 g/mol. The van der Waals surface area contributed by atoms with Crippen LogP contribution in [0, 0.1) is 0 Å². The van der Waals surface area contributed by atoms with Crippen molar-refractivity contribution in [3.63, 3.8) is 0 Å². The van der Waals surface area contributed by atoms with Crippen LogP contribution in [0.4, 0.5) is 5.82 Å². The van der Waals surface area contributed by atoms with E-state index in [1.165, 1.54) is 11.0 Å². The second-order valence-corrected chi connectivity index (χ2v) is 3.16. The van der Waals surface area contributed by atoms with Gasteiger partial charge in [-0.25, -0.2) is 0 Å². The minimum Gasteiger partial charge on any atom is -0.381 e. The van der Waals surface area contributed by atoms with Crippen LogP contribution in [-0.2, 0) is 11.3 Å². The third-order valence-electron chi connectivity index (χ3n) is 1.96. The molecule has 0 aliphatic carbocycles. The van der Waals surface area contributed by atoms with Gasteiger partial charge in [-0.2, -0.15) is 5.10 Å². The first-order valence-corrected chi connectivity index (χ1v) is 4.55. The lowest BCUT2D eigenvalue weighted by Gasteiger charge is -2.02. The molecule has 1 heterocycles. The van der Waals surface area contributed by atoms with Crippen LogP contribution in [0.25, 0.3) is 5.69 Å². The Morgan fingerprint density at radius 3 is 3.00 bits per heavy atom. The van der Waals surface area contributed by atoms with Crippen molar-refractivity contribution in [3.05, 3.63) is 36.0 Å². The molecule has 5 heteroatoms. The lowest BCUT2D eigenvalue weighted by Crippen LogP contribution is -2.00. The van der Waals surface area contributed by atoms with Gasteiger partial charge in [0.2, 0.25) is 0 Å². The standard InChI is InChI=1S/C10H12N4O/c1-15-7-8-3-2-4-9(5-8)14-12-6-10(11)13-14/h2-6H,7H2,1H3,(H2,11,13). The molecule has 1 aromatic heterocycles. The number of hydrogen-bond acceptors (Lipinski definition) is 4. The molecule has 0 unspecified atom stereocenters. The Kier molecular flexibility index (Phi) is 2.64. The molecule has 78 valence electrons. The summed E-state index contributed by atoms with van der Waals surface area (Å²) in [5, 5.41) is 8.05. The molecule has 0 spiro atoms. The highest BCUT2D eigenvalue weighted by atomic mass is 16.5. The van der Waals surface area contributed by atoms with E-state index in [0.29, 0.717) is 12.4 Å². The number of benzene rings is 1. The zero-order valence-electron chi connectivity index (χ0n) is 8.42. The number of nitrogens with two attached hydrogens (primary N) is 1. The highest BCUT2D eigenvalue weighted by Gasteiger charge is 2.01. The quantitative estimate of drug-likeness (QED) is 0.809. The van der Waals surface area contributed by atoms with E-state index in [1.54, 1.807) is 7.11 Å². The van der Waals surface area contributed by atoms with Crippen molar-refractivity contribution in [3.8, 4) is 5.69 Å². The van der Waals surface area contributed by atoms with Crippen LogP contribution in [0.2, 0.25) is 0 Å². The van der Waals surface area contributed by atoms with Crippen molar-refractivity contribution in [1.29, 1.82) is 0 Å². The maximum atomic E-state index is 5.49. The molecular weight excluding hydrogens is 192 g/mol. The summed E-state index contributed by atoms with van der Waals surface area (Å²) in [6.07, 6.45) is 1.52. The average Bonchev–Trinajstić information content (AvgIpc) is 2.66. The van der Waals surface area contributed by atoms with E-state index < -0.39 is 0 Å². The van der Waals surface area contributed by atoms with Gasteiger partial charge in [0.1, 0.15) is 0 Å². The van der Waals surface area contributed by atoms with Gasteiger partial charge in [0.05, 0.1) is 18.5 Å². The Bertz CT molecular complexity index is 452. The fourth-order valence-electron chi connectivity index (χ4n) is 1.34. The molecule has 0 atom stereocenters. The number of hydrogen-bond donors (Lipinski definition) is 1. The number of methoxy groups -OCH3 is 1. The summed E-state index contributed by atoms with van der Waals surface area (Å²) in [6.45, 7) is 0.574. The van der Waals surface area contributed by atoms with Crippen molar-refractivity contribution in [2.45, 2.75) is 6.61 Å². The molecule has 15 heavy (non-hydrogen) atoms. The SMILES string of the molecule is COCc1cccc(-n2ncc(N)n2)c1. The molecule has 0 aliphatic heterocycles. The molecule has 2 aromatic rings. The van der Waals surface area contributed by atoms with Gasteiger partial charge in [0, 0.05) is 7.11 Å². The first-order chi connectivity index (χ1) is 7.29. The molecule has 0 fully saturated rings. The third-order valence-corrected chi connectivity index (χ3v) is 1.96. The summed E-state index contributed by atoms with van der Waals surface area (Å²) < 4.78 is 5.05. The Morgan fingerprint density at radius 1 is 1.47 bits per heavy atom. The molecule has 0 saturated heterocycles. The summed E-state index contributed by atoms with van der Waals surface area (Å²) in [7, 11) is 1.66. The zero-order valence-corrected chi connectivity index (χ0v) is 8.42. The lowest BCUT2D eigenvalue weighted by atomic mass is 10.2. The number of ether oxygens (including phenoxy) is 1. The van der Waals surface area contributed by atoms with Crippen molar-refractivity contribution < 1.29 is 4.74 Å². The summed E-state index contributed by atoms with van der Waals surface area (Å²) in [5.74, 6) is 0.409. The summed E-state index contributed by atoms with van der Waals surface area (Å²) >= 11 is 0. The third kappa shape index (κ3) is 2.13. The van der Waals surface area contributed by atoms with Gasteiger partial charge in [0.25, 0.3) is 0 Å². The normalized spacial score (nSPS) is 10.5. The molecule has 2 N–H and O–H groups in total. The van der Waals surface area contributed by atoms with E-state index in [0.717, 1.165) is 11.3 Å². The fraction of sp³-hybridized carbons (Fsp3) is 0.200. The van der Waals surface area contributed by atoms with E-state index in [2.05, 4.69) is 10.2 Å². The van der Waals surface area contributed by atoms with Crippen molar-refractivity contribution in [2.75, 3.05) is 12.8 Å². The minimum absolute atomic E-state index is 0.409. The Balaban J connectivity index is 2.32. The van der Waals surface area contributed by atoms with Crippen molar-refractivity contribution >= 4 is 5.82 Å². The van der Waals surface area contributed by atoms with Crippen molar-refractivity contribution in [2.24, 2.45) is 0 Å². The van der Waals surface area contributed by atoms with Gasteiger partial charge >= 0.3 is 0 Å². The monoisotopic (exact) mass is 204 g/mol. The van der Waals surface area contributed by atoms with Gasteiger partial charge in [-0.15, -0.1) is 9.90 Å². The van der Waals surface area contributed by atoms with Crippen LogP contribution in [0.5, 0.6) is 0 Å². The van der Waals surface area contributed by atoms with Gasteiger partial charge in [-0.3, -0.25) is 0 Å². The van der Waals surface area contributed by atoms with Gasteiger partial charge < -0.3 is 10.5 Å². The minimum atomic E-state index is 0.409. The topological polar surface area (TPSA) is 66.0 Å². The van der Waals surface area contributed by atoms with E-state index in [9.17, 15) is 0 Å². The van der Waals surface area contributed by atoms with Gasteiger partial charge in [-0.05, 0) is 17.7 Å². The van der Waals surface area contributed by atoms with Crippen LogP contribution in [-0.4, -0.2) is 22.1 Å². The van der Waals surface area contributed by atoms with Crippen LogP contribution in [0.15, 0.2) is 30.5 Å². The summed E-state index contributed by atoms with van der Waals surface area (Å²) in [4.78, 5) is 1.49. The molecule has 0 amide bonds. The number of nitrogens with zero attached hydrogens (tertiary/aromatic N) is 3. The van der Waals surface area contributed by atoms with Crippen LogP contribution < -0.4 is 5.73 Å². The maximum absolute atomic E-state index is 5.49. The van der Waals surface area contributed by atoms with Crippen LogP contribution >= 0.6 is 0 Å². The van der Waals surface area contributed by atoms with Crippen molar-refractivity contribution in [1.82, 2.24) is 15.0 Å². The predicted octanol–water partition coefficient (Wildman–Crippen LogP) is 0.996. The van der Waals surface area contributed by atoms with E-state index in [1.807, 2.05) is 24.3 Å². The van der Waals surface area contributed by atoms with E-state index in [-0.39, 0.29) is 0 Å². The lowest BCUT2D eigenvalue weighted by molar-refractivity contribution is 0.185. The number of rotatable bonds is 3. The highest BCUT2D eigenvalue weighted by molar-refractivity contribution is 5.35. The molecule has 1 aromatic carbocycles. The second kappa shape index (κ2) is 4.10. The van der Waals surface area contributed by atoms with Crippen LogP contribution in [0.3, 0.4) is 0 Å². The van der Waals surface area contributed by atoms with Crippen LogP contribution in [0.1, 0.15) is 5.56 Å². The molecule has 0 radical (unpaired) electrons. The first kappa shape index (κ1) is 9.67. The molecule has 5 nitrogen and oxygen atoms in total. The fourth-order valence-corrected chi connectivity index (χ4v) is 1.34. The Morgan fingerprint density at radius 2 is 2.33 bits per heavy atom. The molecule has 0 saturated carbocycles. The zero-order chi connectivity index (χ0) is 10.7. The molecule has 0 aliphatic rings. The number of anilines is 1. The van der Waals surface area contributed by atoms with Gasteiger partial charge in [0.15, 0.2) is 5.82 Å². The maximum Gasteiger partial charge on any atom is 0.166 e. The molecule has 2 rings (SSSR count). The molecular formula is C10H12N4O. The van der Waals surface area contributed by atoms with E-state index >= 15 is 0 Å².